The number of halogens is 4. The van der Waals surface area contributed by atoms with Gasteiger partial charge in [0.05, 0.1) is 9.15 Å². The van der Waals surface area contributed by atoms with Crippen molar-refractivity contribution in [3.63, 3.8) is 0 Å². The van der Waals surface area contributed by atoms with E-state index >= 15 is 0 Å². The topological polar surface area (TPSA) is 29.1 Å². The maximum absolute atomic E-state index is 13.0. The Morgan fingerprint density at radius 1 is 1.27 bits per heavy atom. The first-order chi connectivity index (χ1) is 10.2. The van der Waals surface area contributed by atoms with E-state index in [1.165, 1.54) is 0 Å². The van der Waals surface area contributed by atoms with Crippen LogP contribution in [0.2, 0.25) is 5.02 Å². The Morgan fingerprint density at radius 3 is 2.32 bits per heavy atom. The number of rotatable bonds is 3. The highest BCUT2D eigenvalue weighted by Gasteiger charge is 2.83. The van der Waals surface area contributed by atoms with Crippen molar-refractivity contribution in [1.82, 2.24) is 0 Å². The lowest BCUT2D eigenvalue weighted by molar-refractivity contribution is -0.155. The molecule has 0 heterocycles. The van der Waals surface area contributed by atoms with E-state index in [-0.39, 0.29) is 30.7 Å². The largest absolute Gasteiger partial charge is 0.326 e. The molecule has 2 nitrogen and oxygen atoms in total. The summed E-state index contributed by atoms with van der Waals surface area (Å²) in [5, 5.41) is 3.74. The van der Waals surface area contributed by atoms with Gasteiger partial charge in [-0.05, 0) is 42.5 Å². The van der Waals surface area contributed by atoms with Crippen LogP contribution in [0.1, 0.15) is 26.7 Å². The first kappa shape index (κ1) is 17.2. The van der Waals surface area contributed by atoms with Gasteiger partial charge in [0.1, 0.15) is 0 Å². The van der Waals surface area contributed by atoms with Crippen LogP contribution in [0.15, 0.2) is 24.3 Å². The number of fused-ring (bicyclic) bond motifs is 1. The summed E-state index contributed by atoms with van der Waals surface area (Å²) in [6.07, 6.45) is 1.91. The fourth-order valence-corrected chi connectivity index (χ4v) is 9.52. The zero-order valence-corrected chi connectivity index (χ0v) is 17.8. The van der Waals surface area contributed by atoms with Crippen molar-refractivity contribution in [2.45, 2.75) is 35.3 Å². The van der Waals surface area contributed by atoms with Gasteiger partial charge >= 0.3 is 0 Å². The molecule has 3 unspecified atom stereocenters. The molecule has 1 aromatic carbocycles. The maximum Gasteiger partial charge on any atom is 0.232 e. The average molecular weight is 514 g/mol. The van der Waals surface area contributed by atoms with Crippen molar-refractivity contribution in [2.75, 3.05) is 5.32 Å². The summed E-state index contributed by atoms with van der Waals surface area (Å²) in [5.41, 5.74) is 0.358. The van der Waals surface area contributed by atoms with Gasteiger partial charge in [-0.25, -0.2) is 0 Å². The molecule has 0 aliphatic heterocycles. The molecule has 3 aliphatic carbocycles. The first-order valence-electron chi connectivity index (χ1n) is 7.19. The van der Waals surface area contributed by atoms with Crippen molar-refractivity contribution in [1.29, 1.82) is 0 Å². The number of amides is 1. The minimum Gasteiger partial charge on any atom is -0.326 e. The Morgan fingerprint density at radius 2 is 1.86 bits per heavy atom. The molecule has 2 bridgehead atoms. The molecule has 0 saturated heterocycles. The second kappa shape index (κ2) is 5.47. The summed E-state index contributed by atoms with van der Waals surface area (Å²) in [6, 6.07) is 7.26. The molecule has 3 saturated carbocycles. The van der Waals surface area contributed by atoms with Gasteiger partial charge in [-0.15, -0.1) is 0 Å². The van der Waals surface area contributed by atoms with Crippen LogP contribution >= 0.6 is 59.4 Å². The van der Waals surface area contributed by atoms with E-state index in [4.69, 9.17) is 11.6 Å². The average Bonchev–Trinajstić information content (AvgIpc) is 2.91. The molecular weight excluding hydrogens is 497 g/mol. The number of benzene rings is 1. The Bertz CT molecular complexity index is 618. The summed E-state index contributed by atoms with van der Waals surface area (Å²) >= 11 is 17.1. The molecule has 1 aromatic rings. The van der Waals surface area contributed by atoms with Gasteiger partial charge in [-0.1, -0.05) is 73.2 Å². The van der Waals surface area contributed by atoms with E-state index in [9.17, 15) is 4.79 Å². The van der Waals surface area contributed by atoms with E-state index in [2.05, 4.69) is 67.0 Å². The highest BCUT2D eigenvalue weighted by molar-refractivity contribution is 9.24. The summed E-state index contributed by atoms with van der Waals surface area (Å²) in [7, 11) is 0. The number of nitrogens with one attached hydrogen (secondary N) is 1. The molecule has 6 heteroatoms. The quantitative estimate of drug-likeness (QED) is 0.496. The van der Waals surface area contributed by atoms with Crippen LogP contribution in [0.3, 0.4) is 0 Å². The van der Waals surface area contributed by atoms with Crippen LogP contribution < -0.4 is 5.32 Å². The third-order valence-corrected chi connectivity index (χ3v) is 9.48. The summed E-state index contributed by atoms with van der Waals surface area (Å²) < 4.78 is 0.186. The number of alkyl halides is 3. The van der Waals surface area contributed by atoms with Crippen LogP contribution in [0.5, 0.6) is 0 Å². The van der Waals surface area contributed by atoms with Gasteiger partial charge in [0.2, 0.25) is 5.91 Å². The number of carbonyl (C=O) groups excluding carboxylic acids is 1. The molecule has 0 spiro atoms. The van der Waals surface area contributed by atoms with Crippen LogP contribution in [-0.2, 0) is 4.79 Å². The van der Waals surface area contributed by atoms with Crippen molar-refractivity contribution < 1.29 is 4.79 Å². The highest BCUT2D eigenvalue weighted by Crippen LogP contribution is 2.82. The van der Waals surface area contributed by atoms with Gasteiger partial charge in [-0.3, -0.25) is 4.79 Å². The first-order valence-corrected chi connectivity index (χ1v) is 10.3. The summed E-state index contributed by atoms with van der Waals surface area (Å²) in [4.78, 5) is 13.2. The lowest BCUT2D eigenvalue weighted by Gasteiger charge is -2.66. The van der Waals surface area contributed by atoms with Crippen molar-refractivity contribution in [3.05, 3.63) is 29.3 Å². The second-order valence-electron chi connectivity index (χ2n) is 6.76. The maximum atomic E-state index is 13.0. The van der Waals surface area contributed by atoms with Gasteiger partial charge in [0.25, 0.3) is 0 Å². The minimum atomic E-state index is -0.383. The van der Waals surface area contributed by atoms with E-state index in [0.717, 1.165) is 18.5 Å². The molecule has 22 heavy (non-hydrogen) atoms. The zero-order chi connectivity index (χ0) is 16.3. The Hall–Kier alpha value is 0.420. The smallest absolute Gasteiger partial charge is 0.232 e. The molecule has 3 fully saturated rings. The van der Waals surface area contributed by atoms with Crippen LogP contribution in [-0.4, -0.2) is 14.5 Å². The van der Waals surface area contributed by atoms with E-state index in [1.807, 2.05) is 12.1 Å². The standard InChI is InChI=1S/C16H17Br3ClNO/c1-14(2)15(12(18)19)7-8-16(14,11(15)17)13(22)21-10-5-3-9(20)4-6-10/h3-6,11-12H,7-8H2,1-2H3,(H,21,22). The van der Waals surface area contributed by atoms with Gasteiger partial charge in [0, 0.05) is 21.0 Å². The van der Waals surface area contributed by atoms with Crippen molar-refractivity contribution in [2.24, 2.45) is 16.2 Å². The number of carbonyl (C=O) groups is 1. The van der Waals surface area contributed by atoms with Crippen LogP contribution in [0.25, 0.3) is 0 Å². The van der Waals surface area contributed by atoms with E-state index < -0.39 is 0 Å². The predicted molar refractivity (Wildman–Crippen MR) is 102 cm³/mol. The number of anilines is 1. The molecule has 1 amide bonds. The normalized spacial score (nSPS) is 35.3. The molecular formula is C16H17Br3ClNO. The van der Waals surface area contributed by atoms with Crippen LogP contribution in [0, 0.1) is 16.2 Å². The lowest BCUT2D eigenvalue weighted by atomic mass is 9.43. The summed E-state index contributed by atoms with van der Waals surface area (Å²) in [6.45, 7) is 4.41. The Balaban J connectivity index is 1.89. The van der Waals surface area contributed by atoms with Crippen molar-refractivity contribution >= 4 is 71.0 Å². The second-order valence-corrected chi connectivity index (χ2v) is 11.2. The van der Waals surface area contributed by atoms with Crippen LogP contribution in [0.4, 0.5) is 5.69 Å². The molecule has 3 atom stereocenters. The molecule has 1 N–H and O–H groups in total. The van der Waals surface area contributed by atoms with Crippen molar-refractivity contribution in [3.8, 4) is 0 Å². The molecule has 0 aromatic heterocycles. The van der Waals surface area contributed by atoms with Gasteiger partial charge < -0.3 is 5.32 Å². The Labute approximate surface area is 161 Å². The van der Waals surface area contributed by atoms with E-state index in [0.29, 0.717) is 5.02 Å². The predicted octanol–water partition coefficient (Wildman–Crippen LogP) is 5.96. The molecule has 3 aliphatic rings. The molecule has 120 valence electrons. The van der Waals surface area contributed by atoms with Gasteiger partial charge in [0.15, 0.2) is 0 Å². The third-order valence-electron chi connectivity index (χ3n) is 5.99. The van der Waals surface area contributed by atoms with Gasteiger partial charge in [-0.2, -0.15) is 0 Å². The molecule has 0 radical (unpaired) electrons. The summed E-state index contributed by atoms with van der Waals surface area (Å²) in [5.74, 6) is 0.0930. The third kappa shape index (κ3) is 1.91. The highest BCUT2D eigenvalue weighted by atomic mass is 79.9. The number of hydrogen-bond donors (Lipinski definition) is 1. The zero-order valence-electron chi connectivity index (χ0n) is 12.3. The fraction of sp³-hybridized carbons (Fsp3) is 0.562. The fourth-order valence-electron chi connectivity index (χ4n) is 4.47. The van der Waals surface area contributed by atoms with E-state index in [1.54, 1.807) is 12.1 Å². The lowest BCUT2D eigenvalue weighted by Crippen LogP contribution is -2.71. The molecule has 4 rings (SSSR count). The monoisotopic (exact) mass is 511 g/mol. The minimum absolute atomic E-state index is 0.0460. The number of hydrogen-bond acceptors (Lipinski definition) is 1. The SMILES string of the molecule is CC1(C)C2(C(=O)Nc3ccc(Cl)cc3)CCC1(C(Br)Br)C2Br. The Kier molecular flexibility index (Phi) is 4.29.